The van der Waals surface area contributed by atoms with E-state index in [1.165, 1.54) is 22.3 Å². The zero-order chi connectivity index (χ0) is 12.4. The van der Waals surface area contributed by atoms with Gasteiger partial charge in [-0.15, -0.1) is 0 Å². The van der Waals surface area contributed by atoms with Gasteiger partial charge in [0.2, 0.25) is 0 Å². The predicted molar refractivity (Wildman–Crippen MR) is 70.0 cm³/mol. The molecule has 3 heteroatoms. The maximum atomic E-state index is 5.47. The summed E-state index contributed by atoms with van der Waals surface area (Å²) in [5.74, 6) is 0. The van der Waals surface area contributed by atoms with Crippen molar-refractivity contribution < 1.29 is 9.47 Å². The van der Waals surface area contributed by atoms with Crippen LogP contribution in [0.15, 0.2) is 30.0 Å². The lowest BCUT2D eigenvalue weighted by molar-refractivity contribution is 0.134. The highest BCUT2D eigenvalue weighted by molar-refractivity contribution is 5.37. The molecule has 18 heavy (non-hydrogen) atoms. The summed E-state index contributed by atoms with van der Waals surface area (Å²) in [6.45, 7) is 2.35. The van der Waals surface area contributed by atoms with Crippen molar-refractivity contribution in [2.75, 3.05) is 13.7 Å². The third-order valence-electron chi connectivity index (χ3n) is 3.70. The van der Waals surface area contributed by atoms with Crippen LogP contribution in [0.4, 0.5) is 0 Å². The van der Waals surface area contributed by atoms with E-state index in [1.807, 2.05) is 13.3 Å². The van der Waals surface area contributed by atoms with Crippen molar-refractivity contribution >= 4 is 0 Å². The summed E-state index contributed by atoms with van der Waals surface area (Å²) in [6.07, 6.45) is 4.14. The standard InChI is InChI=1S/C15H19NO2/c1-16-15(13-3-2-6-17-9-13)11-4-5-12-8-18-10-14(12)7-11/h4-5,7,9,15-16H,2-3,6,8,10H2,1H3. The Labute approximate surface area is 108 Å². The number of benzene rings is 1. The van der Waals surface area contributed by atoms with Crippen molar-refractivity contribution in [3.63, 3.8) is 0 Å². The number of hydrogen-bond acceptors (Lipinski definition) is 3. The third-order valence-corrected chi connectivity index (χ3v) is 3.70. The molecule has 0 fully saturated rings. The lowest BCUT2D eigenvalue weighted by atomic mass is 9.93. The number of likely N-dealkylation sites (N-methyl/N-ethyl adjacent to an activating group) is 1. The van der Waals surface area contributed by atoms with Crippen LogP contribution >= 0.6 is 0 Å². The Bertz CT molecular complexity index is 468. The molecule has 0 saturated carbocycles. The molecule has 0 bridgehead atoms. The van der Waals surface area contributed by atoms with Crippen molar-refractivity contribution in [1.82, 2.24) is 5.32 Å². The van der Waals surface area contributed by atoms with Crippen LogP contribution in [-0.2, 0) is 22.7 Å². The topological polar surface area (TPSA) is 30.5 Å². The Morgan fingerprint density at radius 3 is 2.89 bits per heavy atom. The SMILES string of the molecule is CNC(C1=COCCC1)c1ccc2c(c1)COC2. The van der Waals surface area contributed by atoms with Crippen LogP contribution in [0.25, 0.3) is 0 Å². The number of ether oxygens (including phenoxy) is 2. The molecule has 1 N–H and O–H groups in total. The first-order valence-corrected chi connectivity index (χ1v) is 6.56. The minimum absolute atomic E-state index is 0.260. The van der Waals surface area contributed by atoms with Gasteiger partial charge in [-0.3, -0.25) is 0 Å². The molecule has 1 atom stereocenters. The van der Waals surface area contributed by atoms with E-state index in [9.17, 15) is 0 Å². The van der Waals surface area contributed by atoms with Gasteiger partial charge in [0.1, 0.15) is 0 Å². The summed E-state index contributed by atoms with van der Waals surface area (Å²) >= 11 is 0. The summed E-state index contributed by atoms with van der Waals surface area (Å²) < 4.78 is 10.9. The van der Waals surface area contributed by atoms with Crippen LogP contribution in [0.5, 0.6) is 0 Å². The second kappa shape index (κ2) is 5.12. The van der Waals surface area contributed by atoms with Crippen LogP contribution in [0.3, 0.4) is 0 Å². The average Bonchev–Trinajstić information content (AvgIpc) is 2.88. The molecular formula is C15H19NO2. The molecule has 0 saturated heterocycles. The van der Waals surface area contributed by atoms with Gasteiger partial charge in [0.25, 0.3) is 0 Å². The lowest BCUT2D eigenvalue weighted by Gasteiger charge is -2.23. The van der Waals surface area contributed by atoms with Crippen molar-refractivity contribution in [2.45, 2.75) is 32.1 Å². The third kappa shape index (κ3) is 2.16. The smallest absolute Gasteiger partial charge is 0.0876 e. The average molecular weight is 245 g/mol. The maximum absolute atomic E-state index is 5.47. The normalized spacial score (nSPS) is 19.9. The van der Waals surface area contributed by atoms with Gasteiger partial charge in [0, 0.05) is 0 Å². The van der Waals surface area contributed by atoms with Crippen LogP contribution in [0.2, 0.25) is 0 Å². The largest absolute Gasteiger partial charge is 0.501 e. The van der Waals surface area contributed by atoms with E-state index < -0.39 is 0 Å². The Balaban J connectivity index is 1.89. The van der Waals surface area contributed by atoms with Crippen LogP contribution in [0, 0.1) is 0 Å². The summed E-state index contributed by atoms with van der Waals surface area (Å²) in [7, 11) is 2.00. The van der Waals surface area contributed by atoms with E-state index in [0.717, 1.165) is 32.7 Å². The number of rotatable bonds is 3. The van der Waals surface area contributed by atoms with E-state index >= 15 is 0 Å². The molecule has 3 nitrogen and oxygen atoms in total. The van der Waals surface area contributed by atoms with Crippen molar-refractivity contribution in [1.29, 1.82) is 0 Å². The fraction of sp³-hybridized carbons (Fsp3) is 0.467. The van der Waals surface area contributed by atoms with Crippen LogP contribution in [0.1, 0.15) is 35.6 Å². The summed E-state index contributed by atoms with van der Waals surface area (Å²) in [4.78, 5) is 0. The lowest BCUT2D eigenvalue weighted by Crippen LogP contribution is -2.21. The highest BCUT2D eigenvalue weighted by atomic mass is 16.5. The number of nitrogens with one attached hydrogen (secondary N) is 1. The molecule has 0 aromatic heterocycles. The van der Waals surface area contributed by atoms with Gasteiger partial charge in [0.15, 0.2) is 0 Å². The Hall–Kier alpha value is -1.32. The molecule has 1 unspecified atom stereocenters. The molecule has 1 aromatic carbocycles. The van der Waals surface area contributed by atoms with E-state index in [0.29, 0.717) is 0 Å². The minimum atomic E-state index is 0.260. The van der Waals surface area contributed by atoms with Gasteiger partial charge in [0.05, 0.1) is 32.1 Å². The maximum Gasteiger partial charge on any atom is 0.0876 e. The van der Waals surface area contributed by atoms with Gasteiger partial charge in [-0.1, -0.05) is 18.2 Å². The molecule has 0 radical (unpaired) electrons. The highest BCUT2D eigenvalue weighted by Gasteiger charge is 2.19. The predicted octanol–water partition coefficient (Wildman–Crippen LogP) is 2.67. The quantitative estimate of drug-likeness (QED) is 0.888. The zero-order valence-corrected chi connectivity index (χ0v) is 10.7. The molecule has 2 aliphatic rings. The molecule has 96 valence electrons. The molecule has 1 aromatic rings. The fourth-order valence-electron chi connectivity index (χ4n) is 2.73. The number of fused-ring (bicyclic) bond motifs is 1. The van der Waals surface area contributed by atoms with Crippen molar-refractivity contribution in [3.05, 3.63) is 46.7 Å². The highest BCUT2D eigenvalue weighted by Crippen LogP contribution is 2.30. The van der Waals surface area contributed by atoms with E-state index in [1.54, 1.807) is 0 Å². The van der Waals surface area contributed by atoms with E-state index in [2.05, 4.69) is 23.5 Å². The van der Waals surface area contributed by atoms with Crippen LogP contribution < -0.4 is 5.32 Å². The Morgan fingerprint density at radius 2 is 2.11 bits per heavy atom. The first kappa shape index (κ1) is 11.8. The monoisotopic (exact) mass is 245 g/mol. The van der Waals surface area contributed by atoms with Crippen LogP contribution in [-0.4, -0.2) is 13.7 Å². The van der Waals surface area contributed by atoms with Crippen molar-refractivity contribution in [3.8, 4) is 0 Å². The van der Waals surface area contributed by atoms with E-state index in [-0.39, 0.29) is 6.04 Å². The minimum Gasteiger partial charge on any atom is -0.501 e. The van der Waals surface area contributed by atoms with Gasteiger partial charge in [-0.2, -0.15) is 0 Å². The molecule has 2 heterocycles. The van der Waals surface area contributed by atoms with Gasteiger partial charge < -0.3 is 14.8 Å². The van der Waals surface area contributed by atoms with Gasteiger partial charge in [-0.05, 0) is 42.2 Å². The zero-order valence-electron chi connectivity index (χ0n) is 10.7. The Morgan fingerprint density at radius 1 is 1.22 bits per heavy atom. The Kier molecular flexibility index (Phi) is 3.35. The first-order chi connectivity index (χ1) is 8.88. The second-order valence-corrected chi connectivity index (χ2v) is 4.91. The number of hydrogen-bond donors (Lipinski definition) is 1. The molecule has 0 amide bonds. The van der Waals surface area contributed by atoms with Gasteiger partial charge in [-0.25, -0.2) is 0 Å². The second-order valence-electron chi connectivity index (χ2n) is 4.91. The fourth-order valence-corrected chi connectivity index (χ4v) is 2.73. The summed E-state index contributed by atoms with van der Waals surface area (Å²) in [6, 6.07) is 6.91. The molecular weight excluding hydrogens is 226 g/mol. The molecule has 0 aliphatic carbocycles. The van der Waals surface area contributed by atoms with Crippen molar-refractivity contribution in [2.24, 2.45) is 0 Å². The molecule has 2 aliphatic heterocycles. The molecule has 3 rings (SSSR count). The molecule has 0 spiro atoms. The van der Waals surface area contributed by atoms with E-state index in [4.69, 9.17) is 9.47 Å². The summed E-state index contributed by atoms with van der Waals surface area (Å²) in [5.41, 5.74) is 5.29. The first-order valence-electron chi connectivity index (χ1n) is 6.56. The van der Waals surface area contributed by atoms with Gasteiger partial charge >= 0.3 is 0 Å². The summed E-state index contributed by atoms with van der Waals surface area (Å²) in [5, 5.41) is 3.39.